The summed E-state index contributed by atoms with van der Waals surface area (Å²) in [5.41, 5.74) is -0.682. The summed E-state index contributed by atoms with van der Waals surface area (Å²) in [5.74, 6) is -1.89. The molecular formula is C27H40FNO6S. The van der Waals surface area contributed by atoms with Crippen LogP contribution < -0.4 is 0 Å². The van der Waals surface area contributed by atoms with Crippen molar-refractivity contribution in [3.8, 4) is 0 Å². The Morgan fingerprint density at radius 2 is 2.00 bits per heavy atom. The van der Waals surface area contributed by atoms with Gasteiger partial charge in [0, 0.05) is 17.7 Å². The van der Waals surface area contributed by atoms with E-state index in [1.807, 2.05) is 32.2 Å². The number of aromatic nitrogens is 1. The van der Waals surface area contributed by atoms with Crippen LogP contribution in [0.4, 0.5) is 4.39 Å². The number of carbonyl (C=O) groups is 2. The number of cyclic esters (lactones) is 1. The molecule has 3 rings (SSSR count). The quantitative estimate of drug-likeness (QED) is 0.444. The summed E-state index contributed by atoms with van der Waals surface area (Å²) >= 11 is 1.51. The highest BCUT2D eigenvalue weighted by molar-refractivity contribution is 7.09. The molecule has 7 nitrogen and oxygen atoms in total. The summed E-state index contributed by atoms with van der Waals surface area (Å²) < 4.78 is 25.7. The molecule has 2 aliphatic rings. The molecule has 36 heavy (non-hydrogen) atoms. The van der Waals surface area contributed by atoms with E-state index in [2.05, 4.69) is 4.98 Å². The maximum atomic E-state index is 14.1. The van der Waals surface area contributed by atoms with E-state index in [1.54, 1.807) is 20.8 Å². The van der Waals surface area contributed by atoms with E-state index in [4.69, 9.17) is 9.47 Å². The van der Waals surface area contributed by atoms with Crippen molar-refractivity contribution in [1.29, 1.82) is 0 Å². The van der Waals surface area contributed by atoms with Gasteiger partial charge < -0.3 is 19.7 Å². The molecule has 3 heterocycles. The van der Waals surface area contributed by atoms with Crippen LogP contribution in [0.25, 0.3) is 6.08 Å². The Bertz CT molecular complexity index is 977. The molecule has 2 saturated heterocycles. The maximum Gasteiger partial charge on any atom is 0.309 e. The van der Waals surface area contributed by atoms with Gasteiger partial charge in [-0.05, 0) is 44.3 Å². The molecule has 7 atom stereocenters. The van der Waals surface area contributed by atoms with Crippen LogP contribution in [0.2, 0.25) is 0 Å². The molecule has 0 aromatic carbocycles. The molecule has 0 bridgehead atoms. The molecule has 2 aliphatic heterocycles. The lowest BCUT2D eigenvalue weighted by atomic mass is 9.73. The van der Waals surface area contributed by atoms with Gasteiger partial charge in [-0.1, -0.05) is 34.1 Å². The lowest BCUT2D eigenvalue weighted by Crippen LogP contribution is -2.45. The number of ketones is 1. The van der Waals surface area contributed by atoms with Crippen LogP contribution in [0, 0.1) is 24.2 Å². The predicted molar refractivity (Wildman–Crippen MR) is 136 cm³/mol. The number of aryl methyl sites for hydroxylation is 1. The second-order valence-electron chi connectivity index (χ2n) is 11.2. The molecule has 1 aromatic rings. The molecule has 0 saturated carbocycles. The molecule has 2 fully saturated rings. The lowest BCUT2D eigenvalue weighted by Gasteiger charge is -2.34. The Balaban J connectivity index is 1.88. The molecule has 1 aromatic heterocycles. The number of nitrogens with zero attached hydrogens (tertiary/aromatic N) is 1. The standard InChI is InChI=1S/C27H40FNO6S/c1-15-8-7-9-27(14-28)22(35-27)11-20(16(2)10-19-13-36-18(4)29-19)34-23(31)12-21(30)26(5,6)25(33)17(3)24(15)32/h10,13,15,17,20-22,24,30,32H,7-9,11-12,14H2,1-6H3/b16-10+/t15-,17+,20-,21-,22-,24?,27-/m0/s1. The van der Waals surface area contributed by atoms with Crippen LogP contribution in [0.3, 0.4) is 0 Å². The highest BCUT2D eigenvalue weighted by atomic mass is 32.1. The van der Waals surface area contributed by atoms with Crippen molar-refractivity contribution in [3.05, 3.63) is 21.7 Å². The number of alkyl halides is 1. The number of epoxide rings is 1. The number of aliphatic hydroxyl groups excluding tert-OH is 2. The fourth-order valence-corrected chi connectivity index (χ4v) is 5.69. The maximum absolute atomic E-state index is 14.1. The minimum Gasteiger partial charge on any atom is -0.458 e. The monoisotopic (exact) mass is 525 g/mol. The van der Waals surface area contributed by atoms with Crippen LogP contribution in [0.15, 0.2) is 11.0 Å². The first kappa shape index (κ1) is 28.9. The number of fused-ring (bicyclic) bond motifs is 1. The molecule has 202 valence electrons. The number of esters is 1. The minimum atomic E-state index is -1.29. The summed E-state index contributed by atoms with van der Waals surface area (Å²) in [4.78, 5) is 30.6. The molecular weight excluding hydrogens is 485 g/mol. The topological polar surface area (TPSA) is 109 Å². The number of halogens is 1. The van der Waals surface area contributed by atoms with Crippen molar-refractivity contribution in [2.45, 2.75) is 104 Å². The predicted octanol–water partition coefficient (Wildman–Crippen LogP) is 4.43. The smallest absolute Gasteiger partial charge is 0.309 e. The summed E-state index contributed by atoms with van der Waals surface area (Å²) in [6, 6.07) is 0. The van der Waals surface area contributed by atoms with E-state index in [0.29, 0.717) is 19.3 Å². The van der Waals surface area contributed by atoms with Gasteiger partial charge in [0.2, 0.25) is 0 Å². The first-order valence-electron chi connectivity index (χ1n) is 12.7. The number of aliphatic hydroxyl groups is 2. The molecule has 0 spiro atoms. The third-order valence-corrected chi connectivity index (χ3v) is 8.74. The SMILES string of the molecule is C/C(=C\c1csc(C)n1)[C@@H]1C[C@@H]2O[C@]2(CF)CCC[C@H](C)C(O)[C@@H](C)C(=O)C(C)(C)[C@@H](O)CC(=O)O1. The summed E-state index contributed by atoms with van der Waals surface area (Å²) in [6.07, 6.45) is 0.179. The summed E-state index contributed by atoms with van der Waals surface area (Å²) in [6.45, 7) is 9.78. The number of thiazole rings is 1. The largest absolute Gasteiger partial charge is 0.458 e. The van der Waals surface area contributed by atoms with Gasteiger partial charge in [-0.2, -0.15) is 0 Å². The van der Waals surface area contributed by atoms with Gasteiger partial charge in [-0.3, -0.25) is 9.59 Å². The van der Waals surface area contributed by atoms with Gasteiger partial charge in [-0.15, -0.1) is 11.3 Å². The molecule has 0 aliphatic carbocycles. The average molecular weight is 526 g/mol. The first-order chi connectivity index (χ1) is 16.8. The summed E-state index contributed by atoms with van der Waals surface area (Å²) in [5, 5.41) is 24.5. The Morgan fingerprint density at radius 1 is 1.31 bits per heavy atom. The van der Waals surface area contributed by atoms with Crippen LogP contribution in [-0.2, 0) is 19.1 Å². The Kier molecular flexibility index (Phi) is 9.13. The van der Waals surface area contributed by atoms with E-state index in [-0.39, 0.29) is 24.5 Å². The average Bonchev–Trinajstić information content (AvgIpc) is 3.35. The third-order valence-electron chi connectivity index (χ3n) is 7.95. The third kappa shape index (κ3) is 6.41. The number of carbonyl (C=O) groups excluding carboxylic acids is 2. The summed E-state index contributed by atoms with van der Waals surface area (Å²) in [7, 11) is 0. The van der Waals surface area contributed by atoms with Gasteiger partial charge in [0.25, 0.3) is 0 Å². The molecule has 9 heteroatoms. The molecule has 1 unspecified atom stereocenters. The van der Waals surface area contributed by atoms with Gasteiger partial charge in [0.1, 0.15) is 24.2 Å². The Morgan fingerprint density at radius 3 is 2.61 bits per heavy atom. The van der Waals surface area contributed by atoms with E-state index >= 15 is 0 Å². The van der Waals surface area contributed by atoms with Crippen LogP contribution in [0.1, 0.15) is 77.4 Å². The van der Waals surface area contributed by atoms with E-state index < -0.39 is 54.0 Å². The van der Waals surface area contributed by atoms with Crippen molar-refractivity contribution in [1.82, 2.24) is 4.98 Å². The van der Waals surface area contributed by atoms with Gasteiger partial charge in [0.15, 0.2) is 0 Å². The number of rotatable bonds is 3. The first-order valence-corrected chi connectivity index (χ1v) is 13.6. The fraction of sp³-hybridized carbons (Fsp3) is 0.741. The van der Waals surface area contributed by atoms with Crippen LogP contribution in [-0.4, -0.2) is 63.6 Å². The molecule has 0 radical (unpaired) electrons. The molecule has 0 amide bonds. The van der Waals surface area contributed by atoms with Crippen LogP contribution in [0.5, 0.6) is 0 Å². The van der Waals surface area contributed by atoms with Crippen LogP contribution >= 0.6 is 11.3 Å². The zero-order valence-corrected chi connectivity index (χ0v) is 22.9. The van der Waals surface area contributed by atoms with Crippen molar-refractivity contribution in [3.63, 3.8) is 0 Å². The number of ether oxygens (including phenoxy) is 2. The lowest BCUT2D eigenvalue weighted by molar-refractivity contribution is -0.154. The Labute approximate surface area is 217 Å². The van der Waals surface area contributed by atoms with E-state index in [1.165, 1.54) is 11.3 Å². The minimum absolute atomic E-state index is 0.192. The van der Waals surface area contributed by atoms with Gasteiger partial charge >= 0.3 is 5.97 Å². The number of hydrogen-bond donors (Lipinski definition) is 2. The second-order valence-corrected chi connectivity index (χ2v) is 12.2. The van der Waals surface area contributed by atoms with E-state index in [0.717, 1.165) is 16.3 Å². The highest BCUT2D eigenvalue weighted by Gasteiger charge is 2.57. The number of Topliss-reactive ketones (excluding diaryl/α,β-unsaturated/α-hetero) is 1. The Hall–Kier alpha value is -1.68. The van der Waals surface area contributed by atoms with Crippen molar-refractivity contribution in [2.75, 3.05) is 6.67 Å². The van der Waals surface area contributed by atoms with Crippen molar-refractivity contribution < 1.29 is 33.7 Å². The van der Waals surface area contributed by atoms with Gasteiger partial charge in [0.05, 0.1) is 40.8 Å². The van der Waals surface area contributed by atoms with Gasteiger partial charge in [-0.25, -0.2) is 9.37 Å². The second kappa shape index (κ2) is 11.4. The fourth-order valence-electron chi connectivity index (χ4n) is 5.12. The molecule has 2 N–H and O–H groups in total. The van der Waals surface area contributed by atoms with Crippen molar-refractivity contribution >= 4 is 29.2 Å². The van der Waals surface area contributed by atoms with E-state index in [9.17, 15) is 24.2 Å². The zero-order valence-electron chi connectivity index (χ0n) is 22.1. The van der Waals surface area contributed by atoms with Crippen molar-refractivity contribution in [2.24, 2.45) is 17.3 Å². The zero-order chi connectivity index (χ0) is 26.8. The number of hydrogen-bond acceptors (Lipinski definition) is 8. The normalized spacial score (nSPS) is 36.8. The highest BCUT2D eigenvalue weighted by Crippen LogP contribution is 2.46.